The van der Waals surface area contributed by atoms with Crippen LogP contribution >= 0.6 is 0 Å². The Bertz CT molecular complexity index is 830. The lowest BCUT2D eigenvalue weighted by Crippen LogP contribution is -2.14. The highest BCUT2D eigenvalue weighted by atomic mass is 32.2. The molecule has 0 bridgehead atoms. The largest absolute Gasteiger partial charge is 0.494 e. The highest BCUT2D eigenvalue weighted by Gasteiger charge is 2.10. The second-order valence-electron chi connectivity index (χ2n) is 5.32. The molecule has 0 atom stereocenters. The monoisotopic (exact) mass is 348 g/mol. The van der Waals surface area contributed by atoms with Gasteiger partial charge in [0.2, 0.25) is 10.0 Å². The quantitative estimate of drug-likeness (QED) is 0.840. The van der Waals surface area contributed by atoms with Crippen LogP contribution in [0, 0.1) is 6.92 Å². The molecule has 0 aromatic heterocycles. The van der Waals surface area contributed by atoms with Crippen LogP contribution in [0.2, 0.25) is 0 Å². The minimum absolute atomic E-state index is 0.285. The van der Waals surface area contributed by atoms with Crippen molar-refractivity contribution in [2.75, 3.05) is 22.9 Å². The fourth-order valence-electron chi connectivity index (χ4n) is 2.08. The third-order valence-electron chi connectivity index (χ3n) is 3.22. The van der Waals surface area contributed by atoms with Crippen molar-refractivity contribution in [1.82, 2.24) is 0 Å². The molecular weight excluding hydrogens is 328 g/mol. The number of anilines is 2. The van der Waals surface area contributed by atoms with Crippen LogP contribution in [0.5, 0.6) is 5.75 Å². The molecular formula is C17H20N2O4S. The molecule has 2 rings (SSSR count). The van der Waals surface area contributed by atoms with Gasteiger partial charge in [-0.15, -0.1) is 0 Å². The smallest absolute Gasteiger partial charge is 0.255 e. The Labute approximate surface area is 141 Å². The molecule has 0 spiro atoms. The maximum Gasteiger partial charge on any atom is 0.255 e. The SMILES string of the molecule is CCOc1ccc(C(=O)Nc2ccc(C)c(NS(C)(=O)=O)c2)cc1. The van der Waals surface area contributed by atoms with Crippen molar-refractivity contribution in [3.8, 4) is 5.75 Å². The number of benzene rings is 2. The second kappa shape index (κ2) is 7.35. The predicted octanol–water partition coefficient (Wildman–Crippen LogP) is 3.02. The van der Waals surface area contributed by atoms with Crippen LogP contribution in [0.15, 0.2) is 42.5 Å². The number of nitrogens with one attached hydrogen (secondary N) is 2. The van der Waals surface area contributed by atoms with E-state index in [1.807, 2.05) is 6.92 Å². The average Bonchev–Trinajstić information content (AvgIpc) is 2.50. The van der Waals surface area contributed by atoms with E-state index in [4.69, 9.17) is 4.74 Å². The second-order valence-corrected chi connectivity index (χ2v) is 7.06. The molecule has 0 aliphatic carbocycles. The van der Waals surface area contributed by atoms with Gasteiger partial charge in [0.05, 0.1) is 18.6 Å². The van der Waals surface area contributed by atoms with Gasteiger partial charge in [0.1, 0.15) is 5.75 Å². The van der Waals surface area contributed by atoms with E-state index in [-0.39, 0.29) is 5.91 Å². The minimum Gasteiger partial charge on any atom is -0.494 e. The van der Waals surface area contributed by atoms with E-state index < -0.39 is 10.0 Å². The molecule has 0 unspecified atom stereocenters. The lowest BCUT2D eigenvalue weighted by atomic mass is 10.1. The molecule has 0 saturated heterocycles. The van der Waals surface area contributed by atoms with E-state index in [1.54, 1.807) is 49.4 Å². The molecule has 0 radical (unpaired) electrons. The summed E-state index contributed by atoms with van der Waals surface area (Å²) in [6.45, 7) is 4.23. The van der Waals surface area contributed by atoms with Crippen molar-refractivity contribution in [2.45, 2.75) is 13.8 Å². The summed E-state index contributed by atoms with van der Waals surface area (Å²) in [7, 11) is -3.38. The molecule has 2 aromatic carbocycles. The Morgan fingerprint density at radius 2 is 1.79 bits per heavy atom. The van der Waals surface area contributed by atoms with Crippen molar-refractivity contribution in [2.24, 2.45) is 0 Å². The normalized spacial score (nSPS) is 11.0. The van der Waals surface area contributed by atoms with Gasteiger partial charge in [-0.05, 0) is 55.8 Å². The number of carbonyl (C=O) groups excluding carboxylic acids is 1. The summed E-state index contributed by atoms with van der Waals surface area (Å²) in [5.41, 5.74) is 2.18. The molecule has 0 aliphatic rings. The van der Waals surface area contributed by atoms with Crippen LogP contribution in [0.3, 0.4) is 0 Å². The summed E-state index contributed by atoms with van der Waals surface area (Å²) in [6.07, 6.45) is 1.08. The molecule has 24 heavy (non-hydrogen) atoms. The summed E-state index contributed by atoms with van der Waals surface area (Å²) in [5.74, 6) is 0.413. The minimum atomic E-state index is -3.38. The van der Waals surface area contributed by atoms with E-state index in [1.165, 1.54) is 0 Å². The van der Waals surface area contributed by atoms with Crippen LogP contribution in [0.25, 0.3) is 0 Å². The first kappa shape index (κ1) is 17.8. The number of carbonyl (C=O) groups is 1. The average molecular weight is 348 g/mol. The highest BCUT2D eigenvalue weighted by molar-refractivity contribution is 7.92. The highest BCUT2D eigenvalue weighted by Crippen LogP contribution is 2.22. The Kier molecular flexibility index (Phi) is 5.46. The molecule has 2 N–H and O–H groups in total. The zero-order valence-corrected chi connectivity index (χ0v) is 14.6. The Balaban J connectivity index is 2.15. The number of aryl methyl sites for hydroxylation is 1. The van der Waals surface area contributed by atoms with Gasteiger partial charge in [0, 0.05) is 11.3 Å². The maximum absolute atomic E-state index is 12.3. The van der Waals surface area contributed by atoms with Crippen molar-refractivity contribution in [1.29, 1.82) is 0 Å². The lowest BCUT2D eigenvalue weighted by Gasteiger charge is -2.11. The standard InChI is InChI=1S/C17H20N2O4S/c1-4-23-15-9-6-13(7-10-15)17(20)18-14-8-5-12(2)16(11-14)19-24(3,21)22/h5-11,19H,4H2,1-3H3,(H,18,20). The first-order valence-corrected chi connectivity index (χ1v) is 9.30. The zero-order chi connectivity index (χ0) is 17.7. The topological polar surface area (TPSA) is 84.5 Å². The van der Waals surface area contributed by atoms with Gasteiger partial charge in [-0.2, -0.15) is 0 Å². The fourth-order valence-corrected chi connectivity index (χ4v) is 2.70. The van der Waals surface area contributed by atoms with Crippen molar-refractivity contribution in [3.05, 3.63) is 53.6 Å². The van der Waals surface area contributed by atoms with E-state index in [9.17, 15) is 13.2 Å². The number of sulfonamides is 1. The molecule has 0 saturated carbocycles. The summed E-state index contributed by atoms with van der Waals surface area (Å²) in [6, 6.07) is 11.8. The van der Waals surface area contributed by atoms with E-state index >= 15 is 0 Å². The number of ether oxygens (including phenoxy) is 1. The van der Waals surface area contributed by atoms with Crippen LogP contribution in [-0.4, -0.2) is 27.2 Å². The van der Waals surface area contributed by atoms with Crippen molar-refractivity contribution < 1.29 is 17.9 Å². The van der Waals surface area contributed by atoms with E-state index in [2.05, 4.69) is 10.0 Å². The van der Waals surface area contributed by atoms with Gasteiger partial charge in [0.25, 0.3) is 5.91 Å². The molecule has 0 fully saturated rings. The molecule has 6 nitrogen and oxygen atoms in total. The first-order valence-electron chi connectivity index (χ1n) is 7.41. The number of rotatable bonds is 6. The summed E-state index contributed by atoms with van der Waals surface area (Å²) < 4.78 is 30.5. The van der Waals surface area contributed by atoms with Gasteiger partial charge >= 0.3 is 0 Å². The zero-order valence-electron chi connectivity index (χ0n) is 13.8. The van der Waals surface area contributed by atoms with Gasteiger partial charge in [-0.3, -0.25) is 9.52 Å². The van der Waals surface area contributed by atoms with Gasteiger partial charge < -0.3 is 10.1 Å². The van der Waals surface area contributed by atoms with Gasteiger partial charge in [-0.25, -0.2) is 8.42 Å². The third-order valence-corrected chi connectivity index (χ3v) is 3.81. The molecule has 0 heterocycles. The maximum atomic E-state index is 12.3. The van der Waals surface area contributed by atoms with Crippen LogP contribution in [0.4, 0.5) is 11.4 Å². The molecule has 0 aliphatic heterocycles. The Morgan fingerprint density at radius 1 is 1.12 bits per heavy atom. The Morgan fingerprint density at radius 3 is 2.38 bits per heavy atom. The first-order chi connectivity index (χ1) is 11.3. The summed E-state index contributed by atoms with van der Waals surface area (Å²) in [4.78, 5) is 12.3. The number of hydrogen-bond donors (Lipinski definition) is 2. The summed E-state index contributed by atoms with van der Waals surface area (Å²) >= 11 is 0. The number of amides is 1. The third kappa shape index (κ3) is 4.99. The van der Waals surface area contributed by atoms with Gasteiger partial charge in [-0.1, -0.05) is 6.07 Å². The molecule has 2 aromatic rings. The van der Waals surface area contributed by atoms with Crippen molar-refractivity contribution >= 4 is 27.3 Å². The van der Waals surface area contributed by atoms with Crippen LogP contribution in [0.1, 0.15) is 22.8 Å². The van der Waals surface area contributed by atoms with E-state index in [0.717, 1.165) is 11.8 Å². The van der Waals surface area contributed by atoms with E-state index in [0.29, 0.717) is 29.3 Å². The number of hydrogen-bond acceptors (Lipinski definition) is 4. The van der Waals surface area contributed by atoms with Gasteiger partial charge in [0.15, 0.2) is 0 Å². The molecule has 128 valence electrons. The Hall–Kier alpha value is -2.54. The summed E-state index contributed by atoms with van der Waals surface area (Å²) in [5, 5.41) is 2.75. The molecule has 1 amide bonds. The molecule has 7 heteroatoms. The van der Waals surface area contributed by atoms with Crippen LogP contribution in [-0.2, 0) is 10.0 Å². The van der Waals surface area contributed by atoms with Crippen LogP contribution < -0.4 is 14.8 Å². The lowest BCUT2D eigenvalue weighted by molar-refractivity contribution is 0.102. The predicted molar refractivity (Wildman–Crippen MR) is 95.2 cm³/mol. The van der Waals surface area contributed by atoms with Crippen molar-refractivity contribution in [3.63, 3.8) is 0 Å². The fraction of sp³-hybridized carbons (Fsp3) is 0.235.